The lowest BCUT2D eigenvalue weighted by atomic mass is 10.0. The number of benzene rings is 1. The van der Waals surface area contributed by atoms with E-state index in [1.165, 1.54) is 24.2 Å². The molecular formula is C17H17ClFN7O2. The van der Waals surface area contributed by atoms with Crippen LogP contribution < -0.4 is 15.4 Å². The van der Waals surface area contributed by atoms with E-state index in [-0.39, 0.29) is 33.5 Å². The van der Waals surface area contributed by atoms with Gasteiger partial charge in [0, 0.05) is 30.3 Å². The van der Waals surface area contributed by atoms with E-state index < -0.39 is 18.7 Å². The number of carbonyl (C=O) groups is 1. The molecule has 0 bridgehead atoms. The van der Waals surface area contributed by atoms with Crippen LogP contribution in [-0.2, 0) is 7.05 Å². The van der Waals surface area contributed by atoms with Crippen LogP contribution in [0.15, 0.2) is 18.3 Å². The highest BCUT2D eigenvalue weighted by molar-refractivity contribution is 6.29. The van der Waals surface area contributed by atoms with E-state index in [0.29, 0.717) is 11.3 Å². The van der Waals surface area contributed by atoms with Gasteiger partial charge in [-0.2, -0.15) is 15.0 Å². The van der Waals surface area contributed by atoms with Gasteiger partial charge in [-0.05, 0) is 12.5 Å². The standard InChI is InChI=1S/C17H17ClFN7O2/c1-8-9(19)5-11(16(28-4)14(8)12-7-21-26(3)25-12)22-10-6-13(18)23-24-15(10)17(27)20-2/h5-7H,1-4H3,(H,20,27)(H,22,23)/i2D3. The van der Waals surface area contributed by atoms with Crippen LogP contribution in [-0.4, -0.2) is 45.2 Å². The first-order valence-electron chi connectivity index (χ1n) is 9.36. The lowest BCUT2D eigenvalue weighted by Gasteiger charge is -2.18. The second kappa shape index (κ2) is 7.77. The summed E-state index contributed by atoms with van der Waals surface area (Å²) >= 11 is 5.90. The Morgan fingerprint density at radius 1 is 1.36 bits per heavy atom. The quantitative estimate of drug-likeness (QED) is 0.667. The van der Waals surface area contributed by atoms with Gasteiger partial charge in [-0.15, -0.1) is 10.2 Å². The topological polar surface area (TPSA) is 107 Å². The molecule has 1 amide bonds. The summed E-state index contributed by atoms with van der Waals surface area (Å²) in [5, 5.41) is 20.0. The Morgan fingerprint density at radius 2 is 2.14 bits per heavy atom. The number of rotatable bonds is 5. The second-order valence-corrected chi connectivity index (χ2v) is 6.05. The van der Waals surface area contributed by atoms with Crippen LogP contribution in [0, 0.1) is 12.7 Å². The average Bonchev–Trinajstić information content (AvgIpc) is 3.08. The van der Waals surface area contributed by atoms with Gasteiger partial charge in [0.25, 0.3) is 5.91 Å². The Balaban J connectivity index is 2.13. The van der Waals surface area contributed by atoms with Gasteiger partial charge in [0.05, 0.1) is 30.2 Å². The Labute approximate surface area is 169 Å². The molecule has 0 saturated heterocycles. The van der Waals surface area contributed by atoms with Gasteiger partial charge >= 0.3 is 0 Å². The van der Waals surface area contributed by atoms with Crippen LogP contribution in [0.2, 0.25) is 5.15 Å². The summed E-state index contributed by atoms with van der Waals surface area (Å²) in [6, 6.07) is 2.41. The van der Waals surface area contributed by atoms with Crippen molar-refractivity contribution in [2.24, 2.45) is 7.05 Å². The first kappa shape index (κ1) is 15.8. The molecule has 0 fully saturated rings. The third-order valence-corrected chi connectivity index (χ3v) is 4.08. The van der Waals surface area contributed by atoms with Crippen LogP contribution in [0.5, 0.6) is 5.75 Å². The van der Waals surface area contributed by atoms with Gasteiger partial charge in [-0.25, -0.2) is 4.39 Å². The number of carbonyl (C=O) groups excluding carboxylic acids is 1. The van der Waals surface area contributed by atoms with Crippen LogP contribution in [0.4, 0.5) is 15.8 Å². The summed E-state index contributed by atoms with van der Waals surface area (Å²) in [6.07, 6.45) is 1.45. The van der Waals surface area contributed by atoms with E-state index >= 15 is 0 Å². The van der Waals surface area contributed by atoms with Gasteiger partial charge in [0.15, 0.2) is 16.6 Å². The van der Waals surface area contributed by atoms with Crippen molar-refractivity contribution in [3.63, 3.8) is 0 Å². The summed E-state index contributed by atoms with van der Waals surface area (Å²) in [4.78, 5) is 13.7. The van der Waals surface area contributed by atoms with Crippen LogP contribution >= 0.6 is 11.6 Å². The summed E-state index contributed by atoms with van der Waals surface area (Å²) in [5.41, 5.74) is 0.746. The van der Waals surface area contributed by atoms with Gasteiger partial charge in [0.1, 0.15) is 11.5 Å². The molecule has 146 valence electrons. The molecule has 0 radical (unpaired) electrons. The normalized spacial score (nSPS) is 12.7. The summed E-state index contributed by atoms with van der Waals surface area (Å²) in [6.45, 7) is -1.19. The van der Waals surface area contributed by atoms with Crippen LogP contribution in [0.1, 0.15) is 20.2 Å². The summed E-state index contributed by atoms with van der Waals surface area (Å²) in [5.74, 6) is -1.38. The molecule has 2 N–H and O–H groups in total. The fourth-order valence-electron chi connectivity index (χ4n) is 2.63. The number of nitrogens with zero attached hydrogens (tertiary/aromatic N) is 5. The third kappa shape index (κ3) is 3.58. The van der Waals surface area contributed by atoms with Gasteiger partial charge in [-0.1, -0.05) is 11.6 Å². The van der Waals surface area contributed by atoms with E-state index in [4.69, 9.17) is 20.5 Å². The highest BCUT2D eigenvalue weighted by atomic mass is 35.5. The zero-order valence-electron chi connectivity index (χ0n) is 18.0. The highest BCUT2D eigenvalue weighted by Gasteiger charge is 2.22. The number of amides is 1. The molecule has 0 aliphatic heterocycles. The first-order chi connectivity index (χ1) is 14.5. The molecule has 2 heterocycles. The largest absolute Gasteiger partial charge is 0.494 e. The lowest BCUT2D eigenvalue weighted by Crippen LogP contribution is -2.21. The molecule has 2 aromatic heterocycles. The van der Waals surface area contributed by atoms with E-state index in [2.05, 4.69) is 25.7 Å². The molecule has 28 heavy (non-hydrogen) atoms. The molecule has 0 aliphatic rings. The van der Waals surface area contributed by atoms with Crippen molar-refractivity contribution in [2.45, 2.75) is 6.92 Å². The predicted octanol–water partition coefficient (Wildman–Crippen LogP) is 2.48. The molecule has 11 heteroatoms. The van der Waals surface area contributed by atoms with Gasteiger partial charge < -0.3 is 15.4 Å². The van der Waals surface area contributed by atoms with Crippen molar-refractivity contribution in [1.82, 2.24) is 30.5 Å². The molecule has 0 unspecified atom stereocenters. The zero-order chi connectivity index (χ0) is 22.9. The minimum atomic E-state index is -2.75. The summed E-state index contributed by atoms with van der Waals surface area (Å²) in [7, 11) is 3.00. The number of hydrogen-bond acceptors (Lipinski definition) is 7. The maximum absolute atomic E-state index is 14.8. The van der Waals surface area contributed by atoms with Crippen molar-refractivity contribution >= 4 is 28.9 Å². The molecule has 0 spiro atoms. The number of aromatic nitrogens is 5. The first-order valence-corrected chi connectivity index (χ1v) is 8.24. The number of ether oxygens (including phenoxy) is 1. The Morgan fingerprint density at radius 3 is 2.79 bits per heavy atom. The Kier molecular flexibility index (Phi) is 4.37. The van der Waals surface area contributed by atoms with Crippen molar-refractivity contribution in [3.05, 3.63) is 40.6 Å². The van der Waals surface area contributed by atoms with Crippen LogP contribution in [0.25, 0.3) is 11.3 Å². The van der Waals surface area contributed by atoms with Crippen molar-refractivity contribution in [2.75, 3.05) is 19.4 Å². The molecule has 0 atom stereocenters. The highest BCUT2D eigenvalue weighted by Crippen LogP contribution is 2.41. The molecular weight excluding hydrogens is 389 g/mol. The zero-order valence-corrected chi connectivity index (χ0v) is 15.8. The second-order valence-electron chi connectivity index (χ2n) is 5.67. The van der Waals surface area contributed by atoms with Crippen molar-refractivity contribution < 1.29 is 18.0 Å². The number of anilines is 2. The van der Waals surface area contributed by atoms with E-state index in [0.717, 1.165) is 6.07 Å². The van der Waals surface area contributed by atoms with E-state index in [1.54, 1.807) is 14.0 Å². The van der Waals surface area contributed by atoms with E-state index in [1.807, 2.05) is 5.32 Å². The maximum Gasteiger partial charge on any atom is 0.273 e. The molecule has 0 aliphatic carbocycles. The monoisotopic (exact) mass is 408 g/mol. The number of aryl methyl sites for hydroxylation is 1. The molecule has 9 nitrogen and oxygen atoms in total. The minimum absolute atomic E-state index is 0.00611. The Hall–Kier alpha value is -3.27. The minimum Gasteiger partial charge on any atom is -0.494 e. The van der Waals surface area contributed by atoms with Gasteiger partial charge in [-0.3, -0.25) is 4.79 Å². The Bertz CT molecular complexity index is 1150. The SMILES string of the molecule is [2H]C([2H])([2H])NC(=O)c1nnc(Cl)cc1Nc1cc(F)c(C)c(-c2cnn(C)n2)c1OC. The predicted molar refractivity (Wildman–Crippen MR) is 101 cm³/mol. The number of methoxy groups -OCH3 is 1. The number of nitrogens with one attached hydrogen (secondary N) is 2. The molecule has 3 rings (SSSR count). The fourth-order valence-corrected chi connectivity index (χ4v) is 2.78. The van der Waals surface area contributed by atoms with Crippen molar-refractivity contribution in [1.29, 1.82) is 0 Å². The number of halogens is 2. The van der Waals surface area contributed by atoms with Crippen molar-refractivity contribution in [3.8, 4) is 17.0 Å². The molecule has 0 saturated carbocycles. The van der Waals surface area contributed by atoms with Crippen LogP contribution in [0.3, 0.4) is 0 Å². The third-order valence-electron chi connectivity index (χ3n) is 3.90. The van der Waals surface area contributed by atoms with E-state index in [9.17, 15) is 9.18 Å². The maximum atomic E-state index is 14.8. The number of hydrogen-bond donors (Lipinski definition) is 2. The summed E-state index contributed by atoms with van der Waals surface area (Å²) < 4.78 is 41.9. The smallest absolute Gasteiger partial charge is 0.273 e. The van der Waals surface area contributed by atoms with Gasteiger partial charge in [0.2, 0.25) is 0 Å². The lowest BCUT2D eigenvalue weighted by molar-refractivity contribution is 0.0958. The average molecular weight is 409 g/mol. The molecule has 3 aromatic rings. The molecule has 1 aromatic carbocycles. The fraction of sp³-hybridized carbons (Fsp3) is 0.235.